The average molecular weight is 551 g/mol. The van der Waals surface area contributed by atoms with Gasteiger partial charge in [-0.1, -0.05) is 35.6 Å². The molecule has 0 spiro atoms. The van der Waals surface area contributed by atoms with Crippen LogP contribution in [-0.2, 0) is 16.6 Å². The number of hydrogen-bond acceptors (Lipinski definition) is 7. The molecule has 2 aromatic heterocycles. The molecule has 0 saturated carbocycles. The number of sulfonamides is 1. The Hall–Kier alpha value is -3.31. The Labute approximate surface area is 225 Å². The summed E-state index contributed by atoms with van der Waals surface area (Å²) in [6.07, 6.45) is 8.43. The van der Waals surface area contributed by atoms with E-state index in [1.165, 1.54) is 52.1 Å². The topological polar surface area (TPSA) is 83.5 Å². The Balaban J connectivity index is 1.70. The molecular formula is C27H26N4O3S3. The Morgan fingerprint density at radius 1 is 1.05 bits per heavy atom. The zero-order valence-electron chi connectivity index (χ0n) is 20.3. The highest BCUT2D eigenvalue weighted by molar-refractivity contribution is 7.98. The number of fused-ring (bicyclic) bond motifs is 1. The standard InChI is InChI=1S/C27H26N4O3S3/c1-4-16-30(17-5-2)37(33,34)22-13-11-21(12-14-22)26(32)31(19-20-8-7-15-28-18-20)27-29-25-23(35-3)9-6-10-24(25)36-27/h4-15,18H,1-2,16-17,19H2,3H3. The molecule has 0 atom stereocenters. The summed E-state index contributed by atoms with van der Waals surface area (Å²) in [5.74, 6) is -0.286. The van der Waals surface area contributed by atoms with E-state index in [9.17, 15) is 13.2 Å². The quantitative estimate of drug-likeness (QED) is 0.178. The first kappa shape index (κ1) is 26.7. The number of anilines is 1. The van der Waals surface area contributed by atoms with Crippen molar-refractivity contribution in [2.24, 2.45) is 0 Å². The molecule has 1 amide bonds. The second-order valence-corrected chi connectivity index (χ2v) is 11.8. The molecule has 7 nitrogen and oxygen atoms in total. The van der Waals surface area contributed by atoms with Gasteiger partial charge in [-0.15, -0.1) is 24.9 Å². The van der Waals surface area contributed by atoms with E-state index in [2.05, 4.69) is 18.1 Å². The minimum atomic E-state index is -3.77. The molecule has 0 aliphatic rings. The number of benzene rings is 2. The van der Waals surface area contributed by atoms with Gasteiger partial charge in [-0.3, -0.25) is 14.7 Å². The summed E-state index contributed by atoms with van der Waals surface area (Å²) in [7, 11) is -3.77. The molecule has 0 saturated heterocycles. The molecule has 4 aromatic rings. The monoisotopic (exact) mass is 550 g/mol. The fourth-order valence-electron chi connectivity index (χ4n) is 3.73. The summed E-state index contributed by atoms with van der Waals surface area (Å²) in [4.78, 5) is 25.5. The van der Waals surface area contributed by atoms with E-state index in [1.54, 1.807) is 29.1 Å². The van der Waals surface area contributed by atoms with Gasteiger partial charge in [0.1, 0.15) is 0 Å². The lowest BCUT2D eigenvalue weighted by molar-refractivity contribution is 0.0985. The molecule has 10 heteroatoms. The summed E-state index contributed by atoms with van der Waals surface area (Å²) in [6, 6.07) is 15.7. The van der Waals surface area contributed by atoms with E-state index in [1.807, 2.05) is 36.6 Å². The first-order valence-electron chi connectivity index (χ1n) is 11.4. The van der Waals surface area contributed by atoms with Crippen molar-refractivity contribution < 1.29 is 13.2 Å². The van der Waals surface area contributed by atoms with Gasteiger partial charge < -0.3 is 0 Å². The second-order valence-electron chi connectivity index (χ2n) is 7.98. The van der Waals surface area contributed by atoms with Crippen LogP contribution in [0.4, 0.5) is 5.13 Å². The molecule has 2 aromatic carbocycles. The fraction of sp³-hybridized carbons (Fsp3) is 0.148. The maximum absolute atomic E-state index is 13.8. The minimum Gasteiger partial charge on any atom is -0.279 e. The smallest absolute Gasteiger partial charge is 0.260 e. The van der Waals surface area contributed by atoms with Crippen molar-refractivity contribution in [3.8, 4) is 0 Å². The van der Waals surface area contributed by atoms with Gasteiger partial charge in [0.15, 0.2) is 5.13 Å². The van der Waals surface area contributed by atoms with Gasteiger partial charge in [0.05, 0.1) is 21.7 Å². The summed E-state index contributed by atoms with van der Waals surface area (Å²) in [5.41, 5.74) is 2.06. The molecule has 0 fully saturated rings. The second kappa shape index (κ2) is 11.8. The zero-order chi connectivity index (χ0) is 26.4. The van der Waals surface area contributed by atoms with Gasteiger partial charge in [0.25, 0.3) is 5.91 Å². The van der Waals surface area contributed by atoms with Crippen LogP contribution in [0.5, 0.6) is 0 Å². The third kappa shape index (κ3) is 5.83. The molecule has 2 heterocycles. The van der Waals surface area contributed by atoms with Crippen molar-refractivity contribution in [3.63, 3.8) is 0 Å². The molecule has 0 unspecified atom stereocenters. The van der Waals surface area contributed by atoms with Gasteiger partial charge in [0.2, 0.25) is 10.0 Å². The molecule has 0 bridgehead atoms. The third-order valence-corrected chi connectivity index (χ3v) is 9.19. The lowest BCUT2D eigenvalue weighted by atomic mass is 10.2. The molecule has 4 rings (SSSR count). The van der Waals surface area contributed by atoms with Crippen LogP contribution in [0.2, 0.25) is 0 Å². The summed E-state index contributed by atoms with van der Waals surface area (Å²) >= 11 is 3.04. The molecule has 37 heavy (non-hydrogen) atoms. The van der Waals surface area contributed by atoms with E-state index in [0.717, 1.165) is 20.7 Å². The molecule has 190 valence electrons. The van der Waals surface area contributed by atoms with Crippen molar-refractivity contribution in [1.29, 1.82) is 0 Å². The first-order chi connectivity index (χ1) is 17.9. The van der Waals surface area contributed by atoms with Crippen molar-refractivity contribution >= 4 is 54.4 Å². The maximum atomic E-state index is 13.8. The van der Waals surface area contributed by atoms with E-state index >= 15 is 0 Å². The number of thioether (sulfide) groups is 1. The molecule has 0 aliphatic heterocycles. The first-order valence-corrected chi connectivity index (χ1v) is 14.8. The number of amides is 1. The van der Waals surface area contributed by atoms with Crippen LogP contribution < -0.4 is 4.90 Å². The third-order valence-electron chi connectivity index (χ3n) is 5.53. The van der Waals surface area contributed by atoms with Crippen LogP contribution in [0, 0.1) is 0 Å². The van der Waals surface area contributed by atoms with Crippen molar-refractivity contribution in [2.45, 2.75) is 16.3 Å². The SMILES string of the molecule is C=CCN(CC=C)S(=O)(=O)c1ccc(C(=O)N(Cc2cccnc2)c2nc3c(SC)cccc3s2)cc1. The highest BCUT2D eigenvalue weighted by Gasteiger charge is 2.25. The van der Waals surface area contributed by atoms with Gasteiger partial charge in [-0.25, -0.2) is 13.4 Å². The lowest BCUT2D eigenvalue weighted by Crippen LogP contribution is -2.32. The zero-order valence-corrected chi connectivity index (χ0v) is 22.7. The van der Waals surface area contributed by atoms with E-state index in [-0.39, 0.29) is 30.4 Å². The summed E-state index contributed by atoms with van der Waals surface area (Å²) in [6.45, 7) is 7.85. The Kier molecular flexibility index (Phi) is 8.55. The average Bonchev–Trinajstić information content (AvgIpc) is 3.36. The number of aromatic nitrogens is 2. The Morgan fingerprint density at radius 2 is 1.78 bits per heavy atom. The van der Waals surface area contributed by atoms with Crippen LogP contribution >= 0.6 is 23.1 Å². The molecule has 0 radical (unpaired) electrons. The Bertz CT molecular complexity index is 1510. The number of nitrogens with zero attached hydrogens (tertiary/aromatic N) is 4. The Morgan fingerprint density at radius 3 is 2.41 bits per heavy atom. The van der Waals surface area contributed by atoms with Crippen molar-refractivity contribution in [1.82, 2.24) is 14.3 Å². The lowest BCUT2D eigenvalue weighted by Gasteiger charge is -2.21. The fourth-order valence-corrected chi connectivity index (χ4v) is 6.73. The largest absolute Gasteiger partial charge is 0.279 e. The highest BCUT2D eigenvalue weighted by atomic mass is 32.2. The van der Waals surface area contributed by atoms with Crippen LogP contribution in [0.15, 0.2) is 102 Å². The van der Waals surface area contributed by atoms with E-state index in [0.29, 0.717) is 10.7 Å². The highest BCUT2D eigenvalue weighted by Crippen LogP contribution is 2.35. The number of carbonyl (C=O) groups excluding carboxylic acids is 1. The van der Waals surface area contributed by atoms with Gasteiger partial charge >= 0.3 is 0 Å². The number of thiazole rings is 1. The number of para-hydroxylation sites is 1. The number of hydrogen-bond donors (Lipinski definition) is 0. The van der Waals surface area contributed by atoms with Crippen molar-refractivity contribution in [2.75, 3.05) is 24.2 Å². The predicted molar refractivity (Wildman–Crippen MR) is 152 cm³/mol. The maximum Gasteiger partial charge on any atom is 0.260 e. The van der Waals surface area contributed by atoms with Gasteiger partial charge in [0, 0.05) is 35.9 Å². The number of carbonyl (C=O) groups is 1. The predicted octanol–water partition coefficient (Wildman–Crippen LogP) is 5.62. The number of rotatable bonds is 11. The minimum absolute atomic E-state index is 0.0937. The van der Waals surface area contributed by atoms with Gasteiger partial charge in [-0.2, -0.15) is 4.31 Å². The molecular weight excluding hydrogens is 525 g/mol. The van der Waals surface area contributed by atoms with Gasteiger partial charge in [-0.05, 0) is 54.3 Å². The van der Waals surface area contributed by atoms with E-state index < -0.39 is 10.0 Å². The summed E-state index contributed by atoms with van der Waals surface area (Å²) < 4.78 is 28.4. The molecule has 0 N–H and O–H groups in total. The van der Waals surface area contributed by atoms with Crippen LogP contribution in [0.1, 0.15) is 15.9 Å². The molecule has 0 aliphatic carbocycles. The van der Waals surface area contributed by atoms with E-state index in [4.69, 9.17) is 4.98 Å². The normalized spacial score (nSPS) is 11.5. The summed E-state index contributed by atoms with van der Waals surface area (Å²) in [5, 5.41) is 0.560. The number of pyridine rings is 1. The van der Waals surface area contributed by atoms with Crippen molar-refractivity contribution in [3.05, 3.63) is 103 Å². The van der Waals surface area contributed by atoms with Crippen LogP contribution in [-0.4, -0.2) is 47.9 Å². The van der Waals surface area contributed by atoms with Crippen LogP contribution in [0.3, 0.4) is 0 Å². The van der Waals surface area contributed by atoms with Crippen LogP contribution in [0.25, 0.3) is 10.2 Å².